The fourth-order valence-electron chi connectivity index (χ4n) is 1.38. The van der Waals surface area contributed by atoms with Gasteiger partial charge in [0.15, 0.2) is 11.3 Å². The summed E-state index contributed by atoms with van der Waals surface area (Å²) in [7, 11) is 1.16. The number of nitrogens with two attached hydrogens (primary N) is 1. The van der Waals surface area contributed by atoms with Crippen molar-refractivity contribution in [2.24, 2.45) is 5.73 Å². The number of fused-ring (bicyclic) bond motifs is 1. The Bertz CT molecular complexity index is 707. The normalized spacial score (nSPS) is 10.3. The van der Waals surface area contributed by atoms with E-state index in [0.29, 0.717) is 0 Å². The smallest absolute Gasteiger partial charge is 0.357 e. The van der Waals surface area contributed by atoms with Crippen LogP contribution in [0.2, 0.25) is 0 Å². The van der Waals surface area contributed by atoms with E-state index < -0.39 is 17.4 Å². The third kappa shape index (κ3) is 1.90. The van der Waals surface area contributed by atoms with Gasteiger partial charge in [-0.05, 0) is 12.1 Å². The van der Waals surface area contributed by atoms with Gasteiger partial charge in [-0.15, -0.1) is 0 Å². The van der Waals surface area contributed by atoms with Gasteiger partial charge < -0.3 is 10.5 Å². The number of nitrogens with zero attached hydrogens (tertiary/aromatic N) is 3. The van der Waals surface area contributed by atoms with Gasteiger partial charge >= 0.3 is 5.97 Å². The molecular weight excluding hydrogens is 240 g/mol. The largest absolute Gasteiger partial charge is 0.464 e. The SMILES string of the molecule is COC(=O)c1cc(=O)nc2ccc(C(N)=O)nn12. The highest BCUT2D eigenvalue weighted by Gasteiger charge is 2.14. The first-order valence-corrected chi connectivity index (χ1v) is 4.82. The van der Waals surface area contributed by atoms with Crippen molar-refractivity contribution < 1.29 is 14.3 Å². The van der Waals surface area contributed by atoms with Gasteiger partial charge in [0.1, 0.15) is 5.69 Å². The van der Waals surface area contributed by atoms with Gasteiger partial charge in [-0.1, -0.05) is 0 Å². The van der Waals surface area contributed by atoms with Gasteiger partial charge in [0.25, 0.3) is 11.5 Å². The fraction of sp³-hybridized carbons (Fsp3) is 0.100. The van der Waals surface area contributed by atoms with Crippen LogP contribution >= 0.6 is 0 Å². The average Bonchev–Trinajstić information content (AvgIpc) is 2.36. The number of ether oxygens (including phenoxy) is 1. The summed E-state index contributed by atoms with van der Waals surface area (Å²) in [5.41, 5.74) is 4.40. The second-order valence-electron chi connectivity index (χ2n) is 3.32. The van der Waals surface area contributed by atoms with Crippen LogP contribution in [0.15, 0.2) is 23.0 Å². The molecule has 0 bridgehead atoms. The highest BCUT2D eigenvalue weighted by Crippen LogP contribution is 2.03. The molecular formula is C10H8N4O4. The standard InChI is InChI=1S/C10H8N4O4/c1-18-10(17)6-4-8(15)12-7-3-2-5(9(11)16)13-14(6)7/h2-4H,1H3,(H2,11,16). The lowest BCUT2D eigenvalue weighted by Gasteiger charge is -2.05. The Morgan fingerprint density at radius 1 is 1.39 bits per heavy atom. The first-order chi connectivity index (χ1) is 8.52. The Balaban J connectivity index is 2.82. The van der Waals surface area contributed by atoms with E-state index in [0.717, 1.165) is 17.7 Å². The Kier molecular flexibility index (Phi) is 2.76. The molecule has 8 heteroatoms. The summed E-state index contributed by atoms with van der Waals surface area (Å²) in [6, 6.07) is 3.64. The van der Waals surface area contributed by atoms with Crippen LogP contribution in [-0.4, -0.2) is 33.6 Å². The predicted octanol–water partition coefficient (Wildman–Crippen LogP) is -1.02. The molecule has 0 aromatic carbocycles. The number of methoxy groups -OCH3 is 1. The maximum Gasteiger partial charge on any atom is 0.357 e. The molecule has 0 aliphatic rings. The molecule has 0 aliphatic heterocycles. The highest BCUT2D eigenvalue weighted by atomic mass is 16.5. The summed E-state index contributed by atoms with van der Waals surface area (Å²) in [5, 5.41) is 3.82. The number of primary amides is 1. The van der Waals surface area contributed by atoms with Crippen LogP contribution < -0.4 is 11.3 Å². The van der Waals surface area contributed by atoms with Crippen molar-refractivity contribution in [3.63, 3.8) is 0 Å². The van der Waals surface area contributed by atoms with Gasteiger partial charge in [-0.3, -0.25) is 9.59 Å². The number of amides is 1. The lowest BCUT2D eigenvalue weighted by Crippen LogP contribution is -2.21. The first-order valence-electron chi connectivity index (χ1n) is 4.82. The molecule has 0 atom stereocenters. The van der Waals surface area contributed by atoms with Crippen molar-refractivity contribution >= 4 is 17.5 Å². The average molecular weight is 248 g/mol. The highest BCUT2D eigenvalue weighted by molar-refractivity contribution is 5.91. The Morgan fingerprint density at radius 3 is 2.72 bits per heavy atom. The third-order valence-corrected chi connectivity index (χ3v) is 2.18. The molecule has 0 unspecified atom stereocenters. The van der Waals surface area contributed by atoms with Crippen LogP contribution in [0, 0.1) is 0 Å². The minimum atomic E-state index is -0.765. The van der Waals surface area contributed by atoms with E-state index in [1.165, 1.54) is 12.1 Å². The zero-order valence-corrected chi connectivity index (χ0v) is 9.28. The molecule has 0 radical (unpaired) electrons. The summed E-state index contributed by atoms with van der Waals surface area (Å²) in [6.45, 7) is 0. The number of carbonyl (C=O) groups excluding carboxylic acids is 2. The van der Waals surface area contributed by atoms with Crippen LogP contribution in [0.25, 0.3) is 5.65 Å². The fourth-order valence-corrected chi connectivity index (χ4v) is 1.38. The van der Waals surface area contributed by atoms with E-state index in [9.17, 15) is 14.4 Å². The van der Waals surface area contributed by atoms with E-state index in [1.54, 1.807) is 0 Å². The van der Waals surface area contributed by atoms with Gasteiger partial charge in [-0.2, -0.15) is 10.1 Å². The summed E-state index contributed by atoms with van der Waals surface area (Å²) < 4.78 is 5.55. The van der Waals surface area contributed by atoms with E-state index in [4.69, 9.17) is 5.73 Å². The number of carbonyl (C=O) groups is 2. The van der Waals surface area contributed by atoms with Crippen LogP contribution in [-0.2, 0) is 4.74 Å². The van der Waals surface area contributed by atoms with E-state index in [1.807, 2.05) is 0 Å². The summed E-state index contributed by atoms with van der Waals surface area (Å²) in [6.07, 6.45) is 0. The maximum absolute atomic E-state index is 11.5. The molecule has 18 heavy (non-hydrogen) atoms. The Labute approximate surface area is 100 Å². The lowest BCUT2D eigenvalue weighted by atomic mass is 10.3. The van der Waals surface area contributed by atoms with E-state index >= 15 is 0 Å². The molecule has 0 saturated carbocycles. The minimum Gasteiger partial charge on any atom is -0.464 e. The zero-order valence-electron chi connectivity index (χ0n) is 9.28. The van der Waals surface area contributed by atoms with Gasteiger partial charge in [0, 0.05) is 6.07 Å². The summed E-state index contributed by atoms with van der Waals surface area (Å²) >= 11 is 0. The molecule has 8 nitrogen and oxygen atoms in total. The van der Waals surface area contributed by atoms with Crippen LogP contribution in [0.4, 0.5) is 0 Å². The topological polar surface area (TPSA) is 117 Å². The maximum atomic E-state index is 11.5. The Morgan fingerprint density at radius 2 is 2.11 bits per heavy atom. The van der Waals surface area contributed by atoms with Crippen LogP contribution in [0.5, 0.6) is 0 Å². The monoisotopic (exact) mass is 248 g/mol. The Hall–Kier alpha value is -2.77. The molecule has 2 rings (SSSR count). The summed E-state index contributed by atoms with van der Waals surface area (Å²) in [5.74, 6) is -1.52. The molecule has 0 spiro atoms. The minimum absolute atomic E-state index is 0.0573. The van der Waals surface area contributed by atoms with Crippen molar-refractivity contribution in [2.75, 3.05) is 7.11 Å². The molecule has 0 fully saturated rings. The van der Waals surface area contributed by atoms with Crippen molar-refractivity contribution in [1.82, 2.24) is 14.6 Å². The molecule has 2 aromatic rings. The molecule has 0 saturated heterocycles. The van der Waals surface area contributed by atoms with Crippen LogP contribution in [0.3, 0.4) is 0 Å². The second kappa shape index (κ2) is 4.24. The van der Waals surface area contributed by atoms with Gasteiger partial charge in [0.05, 0.1) is 7.11 Å². The van der Waals surface area contributed by atoms with Crippen LogP contribution in [0.1, 0.15) is 21.0 Å². The van der Waals surface area contributed by atoms with Gasteiger partial charge in [0.2, 0.25) is 0 Å². The number of rotatable bonds is 2. The number of esters is 1. The lowest BCUT2D eigenvalue weighted by molar-refractivity contribution is 0.0589. The number of hydrogen-bond donors (Lipinski definition) is 1. The van der Waals surface area contributed by atoms with Crippen molar-refractivity contribution in [3.05, 3.63) is 39.9 Å². The molecule has 2 N–H and O–H groups in total. The molecule has 0 aliphatic carbocycles. The molecule has 2 aromatic heterocycles. The van der Waals surface area contributed by atoms with Crippen molar-refractivity contribution in [2.45, 2.75) is 0 Å². The number of aromatic nitrogens is 3. The first kappa shape index (κ1) is 11.7. The van der Waals surface area contributed by atoms with E-state index in [-0.39, 0.29) is 17.0 Å². The van der Waals surface area contributed by atoms with Crippen molar-refractivity contribution in [3.8, 4) is 0 Å². The van der Waals surface area contributed by atoms with E-state index in [2.05, 4.69) is 14.8 Å². The zero-order chi connectivity index (χ0) is 13.3. The van der Waals surface area contributed by atoms with Crippen molar-refractivity contribution in [1.29, 1.82) is 0 Å². The third-order valence-electron chi connectivity index (χ3n) is 2.18. The molecule has 2 heterocycles. The second-order valence-corrected chi connectivity index (χ2v) is 3.32. The van der Waals surface area contributed by atoms with Gasteiger partial charge in [-0.25, -0.2) is 9.31 Å². The number of hydrogen-bond acceptors (Lipinski definition) is 6. The quantitative estimate of drug-likeness (QED) is 0.679. The predicted molar refractivity (Wildman–Crippen MR) is 59.1 cm³/mol. The summed E-state index contributed by atoms with van der Waals surface area (Å²) in [4.78, 5) is 37.4. The molecule has 1 amide bonds. The molecule has 92 valence electrons.